The molecule has 1 saturated heterocycles. The Kier molecular flexibility index (Phi) is 6.29. The first-order valence-electron chi connectivity index (χ1n) is 11.8. The van der Waals surface area contributed by atoms with Crippen molar-refractivity contribution in [2.75, 3.05) is 36.9 Å². The van der Waals surface area contributed by atoms with Crippen LogP contribution in [0.1, 0.15) is 19.3 Å². The van der Waals surface area contributed by atoms with Crippen molar-refractivity contribution in [1.29, 1.82) is 0 Å². The number of benzene rings is 1. The number of hydrogen-bond acceptors (Lipinski definition) is 10. The van der Waals surface area contributed by atoms with Gasteiger partial charge in [0.15, 0.2) is 17.0 Å². The molecule has 0 atom stereocenters. The number of tetrazole rings is 1. The maximum atomic E-state index is 6.19. The van der Waals surface area contributed by atoms with Crippen LogP contribution in [0.4, 0.5) is 11.8 Å². The normalized spacial score (nSPS) is 16.1. The first-order chi connectivity index (χ1) is 17.5. The van der Waals surface area contributed by atoms with Crippen LogP contribution in [0.25, 0.3) is 11.2 Å². The maximum Gasteiger partial charge on any atom is 0.294 e. The molecule has 2 aliphatic rings. The highest BCUT2D eigenvalue weighted by Crippen LogP contribution is 2.41. The van der Waals surface area contributed by atoms with Crippen molar-refractivity contribution in [2.24, 2.45) is 13.0 Å². The first-order valence-corrected chi connectivity index (χ1v) is 13.4. The number of nitrogens with zero attached hydrogens (tertiary/aromatic N) is 8. The van der Waals surface area contributed by atoms with E-state index in [9.17, 15) is 0 Å². The summed E-state index contributed by atoms with van der Waals surface area (Å²) in [5, 5.41) is 12.6. The van der Waals surface area contributed by atoms with Gasteiger partial charge in [-0.25, -0.2) is 9.25 Å². The Balaban J connectivity index is 1.15. The fourth-order valence-corrected chi connectivity index (χ4v) is 6.04. The molecule has 14 heteroatoms. The Hall–Kier alpha value is -3.13. The molecule has 36 heavy (non-hydrogen) atoms. The van der Waals surface area contributed by atoms with E-state index in [2.05, 4.69) is 50.9 Å². The van der Waals surface area contributed by atoms with Gasteiger partial charge in [0.1, 0.15) is 13.2 Å². The number of piperidine rings is 1. The molecule has 3 N–H and O–H groups in total. The molecule has 0 amide bonds. The smallest absolute Gasteiger partial charge is 0.294 e. The molecule has 4 aromatic rings. The van der Waals surface area contributed by atoms with E-state index >= 15 is 0 Å². The summed E-state index contributed by atoms with van der Waals surface area (Å²) in [5.41, 5.74) is 7.75. The molecule has 1 aromatic carbocycles. The number of ether oxygens (including phenoxy) is 2. The van der Waals surface area contributed by atoms with E-state index in [4.69, 9.17) is 20.2 Å². The summed E-state index contributed by atoms with van der Waals surface area (Å²) in [5.74, 6) is 3.36. The van der Waals surface area contributed by atoms with E-state index in [1.807, 2.05) is 19.2 Å². The zero-order chi connectivity index (χ0) is 24.6. The van der Waals surface area contributed by atoms with Crippen LogP contribution in [-0.4, -0.2) is 61.5 Å². The molecule has 0 saturated carbocycles. The van der Waals surface area contributed by atoms with Crippen molar-refractivity contribution in [1.82, 2.24) is 35.2 Å². The Labute approximate surface area is 219 Å². The van der Waals surface area contributed by atoms with Crippen LogP contribution >= 0.6 is 27.7 Å². The minimum absolute atomic E-state index is 0.437. The molecule has 0 spiro atoms. The van der Waals surface area contributed by atoms with Crippen molar-refractivity contribution in [3.8, 4) is 11.5 Å². The number of aromatic nitrogens is 8. The van der Waals surface area contributed by atoms with Crippen molar-refractivity contribution >= 4 is 50.6 Å². The Morgan fingerprint density at radius 1 is 1.22 bits per heavy atom. The molecule has 0 radical (unpaired) electrons. The van der Waals surface area contributed by atoms with Gasteiger partial charge in [-0.3, -0.25) is 0 Å². The number of fused-ring (bicyclic) bond motifs is 2. The molecule has 1 fully saturated rings. The second-order valence-electron chi connectivity index (χ2n) is 8.91. The summed E-state index contributed by atoms with van der Waals surface area (Å²) in [6.45, 7) is 3.82. The third kappa shape index (κ3) is 4.54. The van der Waals surface area contributed by atoms with Crippen LogP contribution in [-0.2, 0) is 13.6 Å². The standard InChI is InChI=1S/C22H25BrN10O2S/c1-31-22(28-29-30-31)32-5-2-13(3-6-32)4-7-33-12-25-19(24)18-20(33)27-21(26-18)36-17-11-16-15(10-14(17)23)34-8-9-35-16/h10-13H,2-9H2,1H3,(H2,24,26,27)/p+1. The molecule has 0 unspecified atom stereocenters. The largest absolute Gasteiger partial charge is 0.486 e. The zero-order valence-electron chi connectivity index (χ0n) is 19.7. The van der Waals surface area contributed by atoms with Gasteiger partial charge in [0.25, 0.3) is 5.65 Å². The van der Waals surface area contributed by atoms with Crippen LogP contribution in [0.3, 0.4) is 0 Å². The molecule has 0 aliphatic carbocycles. The summed E-state index contributed by atoms with van der Waals surface area (Å²) in [6.07, 6.45) is 5.02. The van der Waals surface area contributed by atoms with Gasteiger partial charge in [-0.1, -0.05) is 15.1 Å². The Morgan fingerprint density at radius 3 is 2.75 bits per heavy atom. The van der Waals surface area contributed by atoms with Crippen LogP contribution in [0.15, 0.2) is 33.0 Å². The lowest BCUT2D eigenvalue weighted by Crippen LogP contribution is -2.39. The van der Waals surface area contributed by atoms with Crippen LogP contribution < -0.4 is 24.7 Å². The highest BCUT2D eigenvalue weighted by atomic mass is 79.9. The van der Waals surface area contributed by atoms with Gasteiger partial charge >= 0.3 is 0 Å². The number of rotatable bonds is 6. The third-order valence-corrected chi connectivity index (χ3v) is 8.47. The fourth-order valence-electron chi connectivity index (χ4n) is 4.66. The predicted octanol–water partition coefficient (Wildman–Crippen LogP) is 2.34. The van der Waals surface area contributed by atoms with Gasteiger partial charge in [-0.05, 0) is 75.4 Å². The summed E-state index contributed by atoms with van der Waals surface area (Å²) < 4.78 is 16.1. The zero-order valence-corrected chi connectivity index (χ0v) is 22.1. The minimum Gasteiger partial charge on any atom is -0.486 e. The number of halogens is 1. The number of nitrogen functional groups attached to an aromatic ring is 1. The molecule has 5 heterocycles. The fraction of sp³-hybridized carbons (Fsp3) is 0.455. The molecule has 0 bridgehead atoms. The predicted molar refractivity (Wildman–Crippen MR) is 136 cm³/mol. The van der Waals surface area contributed by atoms with Crippen molar-refractivity contribution in [2.45, 2.75) is 35.9 Å². The second-order valence-corrected chi connectivity index (χ2v) is 10.8. The van der Waals surface area contributed by atoms with E-state index < -0.39 is 0 Å². The van der Waals surface area contributed by atoms with E-state index in [1.54, 1.807) is 11.0 Å². The first kappa shape index (κ1) is 23.3. The maximum absolute atomic E-state index is 6.19. The van der Waals surface area contributed by atoms with Gasteiger partial charge < -0.3 is 25.1 Å². The average molecular weight is 574 g/mol. The molecule has 2 aliphatic heterocycles. The monoisotopic (exact) mass is 573 g/mol. The van der Waals surface area contributed by atoms with Gasteiger partial charge in [0.05, 0.1) is 6.54 Å². The molecule has 12 nitrogen and oxygen atoms in total. The highest BCUT2D eigenvalue weighted by Gasteiger charge is 2.25. The second kappa shape index (κ2) is 9.73. The lowest BCUT2D eigenvalue weighted by Gasteiger charge is -2.31. The quantitative estimate of drug-likeness (QED) is 0.330. The van der Waals surface area contributed by atoms with E-state index in [0.717, 1.165) is 82.0 Å². The van der Waals surface area contributed by atoms with Gasteiger partial charge in [0.2, 0.25) is 23.2 Å². The number of nitrogens with one attached hydrogen (secondary N) is 1. The molecular formula is C22H26BrN10O2S+. The molecule has 188 valence electrons. The topological polar surface area (TPSA) is 137 Å². The molecule has 6 rings (SSSR count). The van der Waals surface area contributed by atoms with Crippen LogP contribution in [0, 0.1) is 5.92 Å². The number of aryl methyl sites for hydroxylation is 2. The van der Waals surface area contributed by atoms with Crippen LogP contribution in [0.2, 0.25) is 0 Å². The van der Waals surface area contributed by atoms with Gasteiger partial charge in [-0.2, -0.15) is 0 Å². The van der Waals surface area contributed by atoms with Crippen molar-refractivity contribution in [3.63, 3.8) is 0 Å². The number of H-pyrrole nitrogens is 1. The SMILES string of the molecule is Cn1nnnc1N1CCC(CC[n+]2cnc(N)c3[nH]c(Sc4cc5c(cc4Br)OCCO5)nc32)CC1. The van der Waals surface area contributed by atoms with Gasteiger partial charge in [-0.15, -0.1) is 0 Å². The third-order valence-electron chi connectivity index (χ3n) is 6.60. The van der Waals surface area contributed by atoms with E-state index in [1.165, 1.54) is 11.8 Å². The van der Waals surface area contributed by atoms with Crippen molar-refractivity contribution < 1.29 is 14.0 Å². The summed E-state index contributed by atoms with van der Waals surface area (Å²) in [6, 6.07) is 3.90. The average Bonchev–Trinajstić information content (AvgIpc) is 3.51. The van der Waals surface area contributed by atoms with Crippen LogP contribution in [0.5, 0.6) is 11.5 Å². The molecule has 3 aromatic heterocycles. The van der Waals surface area contributed by atoms with Gasteiger partial charge in [0, 0.05) is 29.5 Å². The Bertz CT molecular complexity index is 1400. The number of nitrogens with two attached hydrogens (primary N) is 1. The number of aromatic amines is 1. The Morgan fingerprint density at radius 2 is 2.00 bits per heavy atom. The van der Waals surface area contributed by atoms with E-state index in [-0.39, 0.29) is 0 Å². The highest BCUT2D eigenvalue weighted by molar-refractivity contribution is 9.10. The lowest BCUT2D eigenvalue weighted by atomic mass is 9.93. The lowest BCUT2D eigenvalue weighted by molar-refractivity contribution is -0.677. The van der Waals surface area contributed by atoms with Crippen molar-refractivity contribution in [3.05, 3.63) is 22.9 Å². The summed E-state index contributed by atoms with van der Waals surface area (Å²) in [4.78, 5) is 15.8. The summed E-state index contributed by atoms with van der Waals surface area (Å²) in [7, 11) is 1.88. The number of hydrogen-bond donors (Lipinski definition) is 2. The van der Waals surface area contributed by atoms with E-state index in [0.29, 0.717) is 24.9 Å². The summed E-state index contributed by atoms with van der Waals surface area (Å²) >= 11 is 5.15. The number of imidazole rings is 1. The number of anilines is 2. The molecular weight excluding hydrogens is 548 g/mol. The minimum atomic E-state index is 0.437.